The number of amides is 1. The number of ether oxygens (including phenoxy) is 1. The van der Waals surface area contributed by atoms with Crippen molar-refractivity contribution in [2.45, 2.75) is 53.8 Å². The Kier molecular flexibility index (Phi) is 8.12. The standard InChI is InChI=1S/C24H25F6NO6S2/c1-22(2,39(35,36)18-6-4-5-16(13-18)23(25,26)27)15-9-11-31(12-10-15)21(32)19-8-7-17(38(3,33)34)14-20(19)37-24(28,29)30/h4-8,13-15H,9-12H2,1-3H3. The Balaban J connectivity index is 1.83. The molecule has 1 heterocycles. The van der Waals surface area contributed by atoms with Gasteiger partial charge < -0.3 is 9.64 Å². The second-order valence-electron chi connectivity index (χ2n) is 9.68. The van der Waals surface area contributed by atoms with Crippen molar-refractivity contribution in [1.29, 1.82) is 0 Å². The second-order valence-corrected chi connectivity index (χ2v) is 14.2. The molecule has 1 aliphatic heterocycles. The topological polar surface area (TPSA) is 97.8 Å². The van der Waals surface area contributed by atoms with Crippen molar-refractivity contribution in [3.63, 3.8) is 0 Å². The Hall–Kier alpha value is -2.81. The largest absolute Gasteiger partial charge is 0.573 e. The minimum Gasteiger partial charge on any atom is -0.405 e. The van der Waals surface area contributed by atoms with Gasteiger partial charge in [0.05, 0.1) is 25.7 Å². The van der Waals surface area contributed by atoms with Crippen molar-refractivity contribution in [3.8, 4) is 5.75 Å². The summed E-state index contributed by atoms with van der Waals surface area (Å²) in [6.45, 7) is 2.63. The van der Waals surface area contributed by atoms with E-state index in [-0.39, 0.29) is 25.9 Å². The highest BCUT2D eigenvalue weighted by Crippen LogP contribution is 2.40. The van der Waals surface area contributed by atoms with Gasteiger partial charge in [-0.2, -0.15) is 13.2 Å². The zero-order valence-electron chi connectivity index (χ0n) is 20.9. The molecule has 0 aliphatic carbocycles. The summed E-state index contributed by atoms with van der Waals surface area (Å²) in [4.78, 5) is 13.3. The predicted octanol–water partition coefficient (Wildman–Crippen LogP) is 5.11. The van der Waals surface area contributed by atoms with E-state index in [4.69, 9.17) is 0 Å². The quantitative estimate of drug-likeness (QED) is 0.427. The number of piperidine rings is 1. The Labute approximate surface area is 221 Å². The molecule has 1 saturated heterocycles. The molecule has 0 saturated carbocycles. The fraction of sp³-hybridized carbons (Fsp3) is 0.458. The van der Waals surface area contributed by atoms with Crippen molar-refractivity contribution in [3.05, 3.63) is 53.6 Å². The first-order valence-corrected chi connectivity index (χ1v) is 14.8. The Morgan fingerprint density at radius 2 is 1.49 bits per heavy atom. The van der Waals surface area contributed by atoms with Gasteiger partial charge in [-0.1, -0.05) is 6.07 Å². The van der Waals surface area contributed by atoms with Crippen LogP contribution in [0.2, 0.25) is 0 Å². The Morgan fingerprint density at radius 3 is 2.00 bits per heavy atom. The van der Waals surface area contributed by atoms with Crippen LogP contribution in [0.4, 0.5) is 26.3 Å². The number of halogens is 6. The van der Waals surface area contributed by atoms with Gasteiger partial charge in [0.25, 0.3) is 5.91 Å². The number of alkyl halides is 6. The molecule has 1 amide bonds. The molecule has 15 heteroatoms. The van der Waals surface area contributed by atoms with Crippen LogP contribution in [-0.2, 0) is 25.9 Å². The summed E-state index contributed by atoms with van der Waals surface area (Å²) in [5.74, 6) is -2.48. The normalized spacial score (nSPS) is 16.3. The zero-order valence-corrected chi connectivity index (χ0v) is 22.6. The summed E-state index contributed by atoms with van der Waals surface area (Å²) < 4.78 is 131. The van der Waals surface area contributed by atoms with E-state index in [0.717, 1.165) is 36.6 Å². The molecule has 0 unspecified atom stereocenters. The lowest BCUT2D eigenvalue weighted by Crippen LogP contribution is -2.47. The first kappa shape index (κ1) is 30.7. The van der Waals surface area contributed by atoms with Crippen LogP contribution in [0, 0.1) is 5.92 Å². The average molecular weight is 602 g/mol. The number of benzene rings is 2. The van der Waals surface area contributed by atoms with Gasteiger partial charge in [0.1, 0.15) is 5.75 Å². The van der Waals surface area contributed by atoms with Gasteiger partial charge in [0, 0.05) is 19.3 Å². The minimum absolute atomic E-state index is 0.0652. The van der Waals surface area contributed by atoms with Crippen molar-refractivity contribution in [1.82, 2.24) is 4.90 Å². The van der Waals surface area contributed by atoms with Crippen molar-refractivity contribution >= 4 is 25.6 Å². The summed E-state index contributed by atoms with van der Waals surface area (Å²) in [6.07, 6.45) is -8.99. The summed E-state index contributed by atoms with van der Waals surface area (Å²) in [7, 11) is -8.17. The lowest BCUT2D eigenvalue weighted by Gasteiger charge is -2.40. The van der Waals surface area contributed by atoms with E-state index in [1.165, 1.54) is 18.7 Å². The molecular weight excluding hydrogens is 576 g/mol. The monoisotopic (exact) mass is 601 g/mol. The van der Waals surface area contributed by atoms with Crippen LogP contribution >= 0.6 is 0 Å². The first-order chi connectivity index (χ1) is 17.6. The van der Waals surface area contributed by atoms with Crippen LogP contribution in [0.1, 0.15) is 42.6 Å². The van der Waals surface area contributed by atoms with Gasteiger partial charge in [-0.05, 0) is 69.0 Å². The molecule has 39 heavy (non-hydrogen) atoms. The average Bonchev–Trinajstić information content (AvgIpc) is 2.81. The number of carbonyl (C=O) groups is 1. The Morgan fingerprint density at radius 1 is 0.897 bits per heavy atom. The molecule has 0 aromatic heterocycles. The molecule has 1 fully saturated rings. The van der Waals surface area contributed by atoms with E-state index < -0.39 is 75.5 Å². The van der Waals surface area contributed by atoms with E-state index in [0.29, 0.717) is 12.1 Å². The summed E-state index contributed by atoms with van der Waals surface area (Å²) in [5, 5.41) is 0. The maximum Gasteiger partial charge on any atom is 0.573 e. The molecule has 7 nitrogen and oxygen atoms in total. The predicted molar refractivity (Wildman–Crippen MR) is 128 cm³/mol. The highest BCUT2D eigenvalue weighted by molar-refractivity contribution is 7.92. The number of nitrogens with zero attached hydrogens (tertiary/aromatic N) is 1. The van der Waals surface area contributed by atoms with E-state index in [1.54, 1.807) is 0 Å². The third-order valence-corrected chi connectivity index (χ3v) is 10.5. The molecular formula is C24H25F6NO6S2. The zero-order chi connectivity index (χ0) is 29.6. The summed E-state index contributed by atoms with van der Waals surface area (Å²) >= 11 is 0. The van der Waals surface area contributed by atoms with E-state index >= 15 is 0 Å². The van der Waals surface area contributed by atoms with Crippen molar-refractivity contribution in [2.24, 2.45) is 5.92 Å². The third kappa shape index (κ3) is 6.68. The van der Waals surface area contributed by atoms with Gasteiger partial charge >= 0.3 is 12.5 Å². The van der Waals surface area contributed by atoms with Crippen LogP contribution in [0.25, 0.3) is 0 Å². The highest BCUT2D eigenvalue weighted by Gasteiger charge is 2.45. The fourth-order valence-corrected chi connectivity index (χ4v) is 6.89. The number of likely N-dealkylation sites (tertiary alicyclic amines) is 1. The molecule has 0 spiro atoms. The molecule has 0 bridgehead atoms. The number of hydrogen-bond donors (Lipinski definition) is 0. The third-order valence-electron chi connectivity index (χ3n) is 6.77. The molecule has 0 radical (unpaired) electrons. The number of rotatable bonds is 6. The van der Waals surface area contributed by atoms with E-state index in [1.807, 2.05) is 0 Å². The lowest BCUT2D eigenvalue weighted by molar-refractivity contribution is -0.274. The van der Waals surface area contributed by atoms with Gasteiger partial charge in [-0.25, -0.2) is 16.8 Å². The van der Waals surface area contributed by atoms with Crippen LogP contribution in [0.3, 0.4) is 0 Å². The highest BCUT2D eigenvalue weighted by atomic mass is 32.2. The second kappa shape index (κ2) is 10.3. The number of sulfone groups is 2. The smallest absolute Gasteiger partial charge is 0.405 e. The molecule has 3 rings (SSSR count). The van der Waals surface area contributed by atoms with Crippen LogP contribution < -0.4 is 4.74 Å². The molecule has 0 N–H and O–H groups in total. The van der Waals surface area contributed by atoms with E-state index in [9.17, 15) is 48.0 Å². The minimum atomic E-state index is -5.21. The number of carbonyl (C=O) groups excluding carboxylic acids is 1. The van der Waals surface area contributed by atoms with Gasteiger partial charge in [0.2, 0.25) is 0 Å². The molecule has 1 aliphatic rings. The van der Waals surface area contributed by atoms with Crippen molar-refractivity contribution in [2.75, 3.05) is 19.3 Å². The van der Waals surface area contributed by atoms with E-state index in [2.05, 4.69) is 4.74 Å². The molecule has 0 atom stereocenters. The summed E-state index contributed by atoms with van der Waals surface area (Å²) in [6, 6.07) is 5.90. The maximum absolute atomic E-state index is 13.3. The van der Waals surface area contributed by atoms with Crippen molar-refractivity contribution < 1.29 is 52.7 Å². The maximum atomic E-state index is 13.3. The Bertz CT molecular complexity index is 1460. The SMILES string of the molecule is CC(C)(C1CCN(C(=O)c2ccc(S(C)(=O)=O)cc2OC(F)(F)F)CC1)S(=O)(=O)c1cccc(C(F)(F)F)c1. The van der Waals surface area contributed by atoms with Crippen LogP contribution in [0.5, 0.6) is 5.75 Å². The number of hydrogen-bond acceptors (Lipinski definition) is 6. The van der Waals surface area contributed by atoms with Crippen LogP contribution in [-0.4, -0.2) is 58.1 Å². The molecule has 216 valence electrons. The lowest BCUT2D eigenvalue weighted by atomic mass is 9.85. The molecule has 2 aromatic rings. The van der Waals surface area contributed by atoms with Gasteiger partial charge in [-0.15, -0.1) is 13.2 Å². The molecule has 2 aromatic carbocycles. The van der Waals surface area contributed by atoms with Gasteiger partial charge in [0.15, 0.2) is 19.7 Å². The van der Waals surface area contributed by atoms with Crippen LogP contribution in [0.15, 0.2) is 52.3 Å². The summed E-state index contributed by atoms with van der Waals surface area (Å²) in [5.41, 5.74) is -1.65. The first-order valence-electron chi connectivity index (χ1n) is 11.5. The fourth-order valence-electron chi connectivity index (χ4n) is 4.43. The van der Waals surface area contributed by atoms with Gasteiger partial charge in [-0.3, -0.25) is 4.79 Å².